The summed E-state index contributed by atoms with van der Waals surface area (Å²) in [4.78, 5) is 95.7. The molecule has 3 fully saturated rings. The van der Waals surface area contributed by atoms with Gasteiger partial charge in [-0.1, -0.05) is 48.7 Å². The fourth-order valence-electron chi connectivity index (χ4n) is 12.3. The number of hydrogen-bond donors (Lipinski definition) is 2. The Morgan fingerprint density at radius 1 is 0.660 bits per heavy atom. The summed E-state index contributed by atoms with van der Waals surface area (Å²) >= 11 is 0. The van der Waals surface area contributed by atoms with Gasteiger partial charge in [0, 0.05) is 13.0 Å². The molecule has 6 amide bonds. The highest BCUT2D eigenvalue weighted by Crippen LogP contribution is 2.46. The first kappa shape index (κ1) is 69.6. The van der Waals surface area contributed by atoms with Gasteiger partial charge in [-0.3, -0.25) is 39.0 Å². The average molecular weight is 1300 g/mol. The molecule has 1 aliphatic carbocycles. The number of rotatable bonds is 36. The zero-order valence-electron chi connectivity index (χ0n) is 54.1. The van der Waals surface area contributed by atoms with E-state index in [1.807, 2.05) is 54.6 Å². The average Bonchev–Trinajstić information content (AvgIpc) is 1.56. The molecule has 4 aromatic carbocycles. The van der Waals surface area contributed by atoms with Gasteiger partial charge >= 0.3 is 5.97 Å². The van der Waals surface area contributed by atoms with Crippen LogP contribution in [0, 0.1) is 5.92 Å². The van der Waals surface area contributed by atoms with Crippen molar-refractivity contribution < 1.29 is 90.4 Å². The number of esters is 1. The fourth-order valence-corrected chi connectivity index (χ4v) is 12.3. The van der Waals surface area contributed by atoms with E-state index < -0.39 is 59.6 Å². The van der Waals surface area contributed by atoms with E-state index >= 15 is 4.79 Å². The lowest BCUT2D eigenvalue weighted by atomic mass is 9.75. The molecule has 1 saturated carbocycles. The minimum absolute atomic E-state index is 0.00785. The molecule has 0 spiro atoms. The van der Waals surface area contributed by atoms with Crippen LogP contribution in [0.5, 0.6) is 34.5 Å². The summed E-state index contributed by atoms with van der Waals surface area (Å²) in [6.45, 7) is 3.33. The molecular formula is C68H85N7O19. The molecule has 3 aliphatic heterocycles. The first-order chi connectivity index (χ1) is 45.8. The quantitative estimate of drug-likeness (QED) is 0.0232. The Morgan fingerprint density at radius 3 is 2.01 bits per heavy atom. The van der Waals surface area contributed by atoms with Crippen molar-refractivity contribution in [3.63, 3.8) is 0 Å². The van der Waals surface area contributed by atoms with Gasteiger partial charge in [-0.25, -0.2) is 9.48 Å². The van der Waals surface area contributed by atoms with E-state index in [4.69, 9.17) is 56.8 Å². The zero-order valence-corrected chi connectivity index (χ0v) is 54.1. The maximum Gasteiger partial charge on any atom is 0.329 e. The topological polar surface area (TPSA) is 292 Å². The second-order valence-corrected chi connectivity index (χ2v) is 23.1. The summed E-state index contributed by atoms with van der Waals surface area (Å²) in [6.07, 6.45) is 8.94. The molecular weight excluding hydrogens is 1220 g/mol. The first-order valence-electron chi connectivity index (χ1n) is 32.0. The van der Waals surface area contributed by atoms with Gasteiger partial charge in [0.2, 0.25) is 29.4 Å². The van der Waals surface area contributed by atoms with Gasteiger partial charge < -0.3 is 67.1 Å². The number of methoxy groups -OCH3 is 5. The largest absolute Gasteiger partial charge is 0.493 e. The molecule has 4 heterocycles. The molecule has 26 nitrogen and oxygen atoms in total. The van der Waals surface area contributed by atoms with E-state index in [-0.39, 0.29) is 74.5 Å². The summed E-state index contributed by atoms with van der Waals surface area (Å²) in [7, 11) is 7.87. The summed E-state index contributed by atoms with van der Waals surface area (Å²) < 4.78 is 70.7. The van der Waals surface area contributed by atoms with E-state index in [0.29, 0.717) is 112 Å². The second kappa shape index (κ2) is 35.0. The number of fused-ring (bicyclic) bond motifs is 1. The minimum atomic E-state index is -1.13. The molecule has 1 aromatic heterocycles. The van der Waals surface area contributed by atoms with Crippen molar-refractivity contribution in [3.8, 4) is 34.5 Å². The number of aromatic nitrogens is 3. The Morgan fingerprint density at radius 2 is 1.33 bits per heavy atom. The van der Waals surface area contributed by atoms with Crippen LogP contribution >= 0.6 is 0 Å². The number of carbonyl (C=O) groups excluding carboxylic acids is 7. The summed E-state index contributed by atoms with van der Waals surface area (Å²) in [5, 5.41) is 13.3. The molecule has 0 bridgehead atoms. The minimum Gasteiger partial charge on any atom is -0.493 e. The molecule has 26 heteroatoms. The number of nitrogens with zero attached hydrogens (tertiary/aromatic N) is 5. The number of aryl methyl sites for hydroxylation is 1. The number of ether oxygens (including phenoxy) is 12. The van der Waals surface area contributed by atoms with Crippen LogP contribution in [-0.4, -0.2) is 186 Å². The number of piperidine rings is 2. The van der Waals surface area contributed by atoms with E-state index in [0.717, 1.165) is 66.5 Å². The zero-order chi connectivity index (χ0) is 66.3. The molecule has 506 valence electrons. The Labute approximate surface area is 546 Å². The van der Waals surface area contributed by atoms with Crippen molar-refractivity contribution in [1.29, 1.82) is 0 Å². The van der Waals surface area contributed by atoms with E-state index in [1.54, 1.807) is 51.3 Å². The number of hydrogen-bond acceptors (Lipinski definition) is 21. The lowest BCUT2D eigenvalue weighted by Crippen LogP contribution is -2.54. The van der Waals surface area contributed by atoms with Crippen LogP contribution in [0.2, 0.25) is 0 Å². The lowest BCUT2D eigenvalue weighted by Gasteiger charge is -2.40. The Hall–Kier alpha value is -8.69. The van der Waals surface area contributed by atoms with E-state index in [2.05, 4.69) is 20.9 Å². The lowest BCUT2D eigenvalue weighted by molar-refractivity contribution is -0.163. The summed E-state index contributed by atoms with van der Waals surface area (Å²) in [5.74, 6) is -1.09. The van der Waals surface area contributed by atoms with Crippen LogP contribution in [0.3, 0.4) is 0 Å². The number of benzene rings is 4. The maximum atomic E-state index is 15.2. The number of nitrogens with one attached hydrogen (secondary N) is 2. The Kier molecular flexibility index (Phi) is 25.9. The monoisotopic (exact) mass is 1300 g/mol. The van der Waals surface area contributed by atoms with Crippen LogP contribution < -0.4 is 39.1 Å². The number of imide groups is 2. The summed E-state index contributed by atoms with van der Waals surface area (Å²) in [6, 6.07) is 19.5. The van der Waals surface area contributed by atoms with Crippen molar-refractivity contribution in [2.24, 2.45) is 5.92 Å². The van der Waals surface area contributed by atoms with Crippen molar-refractivity contribution in [1.82, 2.24) is 30.1 Å². The number of amides is 6. The van der Waals surface area contributed by atoms with E-state index in [1.165, 1.54) is 18.2 Å². The van der Waals surface area contributed by atoms with Crippen LogP contribution in [0.15, 0.2) is 79.0 Å². The van der Waals surface area contributed by atoms with Crippen molar-refractivity contribution >= 4 is 47.1 Å². The highest BCUT2D eigenvalue weighted by molar-refractivity contribution is 6.26. The second-order valence-electron chi connectivity index (χ2n) is 23.1. The highest BCUT2D eigenvalue weighted by Gasteiger charge is 2.46. The molecule has 2 saturated heterocycles. The third-order valence-corrected chi connectivity index (χ3v) is 17.0. The number of carbonyl (C=O) groups is 7. The third kappa shape index (κ3) is 18.2. The fraction of sp³-hybridized carbons (Fsp3) is 0.515. The van der Waals surface area contributed by atoms with Gasteiger partial charge in [-0.05, 0) is 123 Å². The van der Waals surface area contributed by atoms with Crippen LogP contribution in [0.1, 0.15) is 126 Å². The Bertz CT molecular complexity index is 3380. The summed E-state index contributed by atoms with van der Waals surface area (Å²) in [5.41, 5.74) is 3.18. The third-order valence-electron chi connectivity index (χ3n) is 17.0. The predicted octanol–water partition coefficient (Wildman–Crippen LogP) is 6.99. The highest BCUT2D eigenvalue weighted by atomic mass is 16.6. The van der Waals surface area contributed by atoms with Crippen LogP contribution in [-0.2, 0) is 72.0 Å². The molecule has 2 unspecified atom stereocenters. The normalized spacial score (nSPS) is 17.2. The smallest absolute Gasteiger partial charge is 0.329 e. The molecule has 4 atom stereocenters. The van der Waals surface area contributed by atoms with Gasteiger partial charge in [-0.15, -0.1) is 5.10 Å². The van der Waals surface area contributed by atoms with Crippen LogP contribution in [0.4, 0.5) is 5.69 Å². The SMILES string of the molecule is COc1ccc(CC[C@@H](OC(=O)C2CCCCN2C(=O)[C@H](c2cc(OC)c(OC)c(OC)c2)C2CCCCC2)c2cccc(OCc3cn(CCOCCOCCOCCOCCOCC(=O)Nc4cccc5c4C(=O)N(C4CCC(=O)NC4=O)C5=O)nn3)c2)cc1OC. The number of anilines is 1. The van der Waals surface area contributed by atoms with Gasteiger partial charge in [0.05, 0.1) is 130 Å². The maximum absolute atomic E-state index is 15.2. The molecule has 5 aromatic rings. The van der Waals surface area contributed by atoms with Crippen molar-refractivity contribution in [2.45, 2.75) is 114 Å². The van der Waals surface area contributed by atoms with Gasteiger partial charge in [0.1, 0.15) is 42.8 Å². The van der Waals surface area contributed by atoms with E-state index in [9.17, 15) is 28.8 Å². The molecule has 94 heavy (non-hydrogen) atoms. The Balaban J connectivity index is 0.684. The predicted molar refractivity (Wildman–Crippen MR) is 338 cm³/mol. The van der Waals surface area contributed by atoms with Crippen LogP contribution in [0.25, 0.3) is 0 Å². The number of likely N-dealkylation sites (tertiary alicyclic amines) is 1. The molecule has 9 rings (SSSR count). The first-order valence-corrected chi connectivity index (χ1v) is 32.0. The molecule has 0 radical (unpaired) electrons. The van der Waals surface area contributed by atoms with Gasteiger partial charge in [-0.2, -0.15) is 0 Å². The van der Waals surface area contributed by atoms with Crippen molar-refractivity contribution in [3.05, 3.63) is 113 Å². The molecule has 2 N–H and O–H groups in total. The molecule has 4 aliphatic rings. The standard InChI is InChI=1S/C68H85N7O19/c1-83-55-24-21-44(37-56(55)84-2)20-23-54(94-68(82)53-19-9-10-26-74(53)66(80)61(45-13-7-6-8-14-45)47-39-57(85-3)63(87-5)58(40-47)86-4)46-15-11-16-49(38-46)93-42-48-41-73(72-71-48)27-28-88-29-30-89-31-32-90-33-34-91-35-36-92-43-60(77)69-51-18-12-17-50-62(51)67(81)75(65(50)79)52-22-25-59(76)70-64(52)78/h11-12,15-18,21,24,37-41,45,52-54,61H,6-10,13-14,19-20,22-23,25-36,42-43H2,1-5H3,(H,69,77)(H,70,76,78)/t52?,53?,54-,61+/m1/s1. The van der Waals surface area contributed by atoms with Gasteiger partial charge in [0.15, 0.2) is 23.0 Å². The van der Waals surface area contributed by atoms with Gasteiger partial charge in [0.25, 0.3) is 11.8 Å². The van der Waals surface area contributed by atoms with Crippen molar-refractivity contribution in [2.75, 3.05) is 113 Å².